The van der Waals surface area contributed by atoms with Crippen molar-refractivity contribution in [2.45, 2.75) is 26.7 Å². The number of benzene rings is 2. The molecule has 0 spiro atoms. The Kier molecular flexibility index (Phi) is 9.15. The van der Waals surface area contributed by atoms with Crippen LogP contribution in [0.2, 0.25) is 0 Å². The number of carbonyl (C=O) groups is 3. The molecule has 0 aliphatic carbocycles. The van der Waals surface area contributed by atoms with E-state index in [1.54, 1.807) is 24.3 Å². The highest BCUT2D eigenvalue weighted by atomic mass is 16.6. The number of oxime groups is 1. The van der Waals surface area contributed by atoms with Gasteiger partial charge in [0.2, 0.25) is 0 Å². The van der Waals surface area contributed by atoms with Gasteiger partial charge in [-0.3, -0.25) is 0 Å². The number of methoxy groups -OCH3 is 3. The van der Waals surface area contributed by atoms with E-state index < -0.39 is 23.3 Å². The highest BCUT2D eigenvalue weighted by Crippen LogP contribution is 2.29. The molecule has 0 saturated carbocycles. The van der Waals surface area contributed by atoms with E-state index >= 15 is 0 Å². The molecule has 0 aliphatic rings. The van der Waals surface area contributed by atoms with Crippen LogP contribution in [0.15, 0.2) is 53.7 Å². The molecule has 8 nitrogen and oxygen atoms in total. The van der Waals surface area contributed by atoms with Gasteiger partial charge in [0.25, 0.3) is 0 Å². The summed E-state index contributed by atoms with van der Waals surface area (Å²) in [6, 6.07) is 14.3. The second-order valence-corrected chi connectivity index (χ2v) is 7.98. The molecule has 0 aromatic heterocycles. The van der Waals surface area contributed by atoms with Crippen molar-refractivity contribution in [3.63, 3.8) is 0 Å². The molecule has 0 radical (unpaired) electrons. The van der Waals surface area contributed by atoms with E-state index in [1.165, 1.54) is 28.3 Å². The highest BCUT2D eigenvalue weighted by Gasteiger charge is 2.27. The van der Waals surface area contributed by atoms with Crippen molar-refractivity contribution in [2.24, 2.45) is 10.6 Å². The van der Waals surface area contributed by atoms with E-state index in [2.05, 4.69) is 9.89 Å². The molecule has 0 heterocycles. The number of ether oxygens (including phenoxy) is 3. The van der Waals surface area contributed by atoms with Crippen LogP contribution in [0.1, 0.15) is 45.7 Å². The van der Waals surface area contributed by atoms with Crippen molar-refractivity contribution in [1.82, 2.24) is 0 Å². The molecule has 0 bridgehead atoms. The summed E-state index contributed by atoms with van der Waals surface area (Å²) < 4.78 is 14.1. The van der Waals surface area contributed by atoms with Crippen LogP contribution >= 0.6 is 0 Å². The highest BCUT2D eigenvalue weighted by molar-refractivity contribution is 6.35. The summed E-state index contributed by atoms with van der Waals surface area (Å²) in [5.74, 6) is -1.36. The minimum atomic E-state index is -0.562. The summed E-state index contributed by atoms with van der Waals surface area (Å²) in [5, 5.41) is 3.88. The molecule has 0 saturated heterocycles. The van der Waals surface area contributed by atoms with E-state index in [-0.39, 0.29) is 12.3 Å². The van der Waals surface area contributed by atoms with Gasteiger partial charge in [-0.25, -0.2) is 14.4 Å². The monoisotopic (exact) mass is 455 g/mol. The van der Waals surface area contributed by atoms with E-state index in [0.717, 1.165) is 11.1 Å². The maximum absolute atomic E-state index is 11.7. The third-order valence-corrected chi connectivity index (χ3v) is 5.11. The lowest BCUT2D eigenvalue weighted by Gasteiger charge is -2.29. The van der Waals surface area contributed by atoms with Crippen LogP contribution in [0.5, 0.6) is 0 Å². The Morgan fingerprint density at radius 1 is 0.758 bits per heavy atom. The normalized spacial score (nSPS) is 11.5. The topological polar surface area (TPSA) is 100 Å². The maximum atomic E-state index is 11.7. The van der Waals surface area contributed by atoms with Crippen molar-refractivity contribution < 1.29 is 33.4 Å². The SMILES string of the molecule is COC(=O)/C(C)=N/OCC(C)(Cc1ccc(C(=O)OC)cc1)Cc1ccc(C(=O)OC)cc1. The second-order valence-electron chi connectivity index (χ2n) is 7.98. The van der Waals surface area contributed by atoms with Crippen LogP contribution < -0.4 is 0 Å². The van der Waals surface area contributed by atoms with E-state index in [9.17, 15) is 14.4 Å². The van der Waals surface area contributed by atoms with Gasteiger partial charge >= 0.3 is 17.9 Å². The summed E-state index contributed by atoms with van der Waals surface area (Å²) in [5.41, 5.74) is 2.62. The second kappa shape index (κ2) is 11.8. The van der Waals surface area contributed by atoms with Gasteiger partial charge in [-0.1, -0.05) is 36.3 Å². The lowest BCUT2D eigenvalue weighted by atomic mass is 9.79. The lowest BCUT2D eigenvalue weighted by molar-refractivity contribution is -0.133. The number of nitrogens with zero attached hydrogens (tertiary/aromatic N) is 1. The number of esters is 3. The zero-order valence-corrected chi connectivity index (χ0v) is 19.5. The molecule has 0 atom stereocenters. The molecular formula is C25H29NO7. The molecule has 2 rings (SSSR count). The van der Waals surface area contributed by atoms with Crippen molar-refractivity contribution >= 4 is 23.6 Å². The van der Waals surface area contributed by atoms with Gasteiger partial charge in [0, 0.05) is 5.41 Å². The smallest absolute Gasteiger partial charge is 0.355 e. The Labute approximate surface area is 193 Å². The Balaban J connectivity index is 2.23. The Morgan fingerprint density at radius 2 is 1.18 bits per heavy atom. The fourth-order valence-electron chi connectivity index (χ4n) is 3.37. The Hall–Kier alpha value is -3.68. The fraction of sp³-hybridized carbons (Fsp3) is 0.360. The molecule has 2 aromatic carbocycles. The molecule has 0 N–H and O–H groups in total. The molecule has 2 aromatic rings. The van der Waals surface area contributed by atoms with Crippen molar-refractivity contribution in [3.05, 3.63) is 70.8 Å². The fourth-order valence-corrected chi connectivity index (χ4v) is 3.37. The van der Waals surface area contributed by atoms with Crippen LogP contribution in [-0.2, 0) is 36.7 Å². The predicted molar refractivity (Wildman–Crippen MR) is 122 cm³/mol. The number of carbonyl (C=O) groups excluding carboxylic acids is 3. The summed E-state index contributed by atoms with van der Waals surface area (Å²) in [6.07, 6.45) is 1.22. The van der Waals surface area contributed by atoms with Crippen LogP contribution in [-0.4, -0.2) is 51.6 Å². The van der Waals surface area contributed by atoms with E-state index in [0.29, 0.717) is 24.0 Å². The zero-order valence-electron chi connectivity index (χ0n) is 19.5. The van der Waals surface area contributed by atoms with Gasteiger partial charge in [0.05, 0.1) is 32.5 Å². The minimum absolute atomic E-state index is 0.115. The van der Waals surface area contributed by atoms with Gasteiger partial charge in [-0.05, 0) is 55.2 Å². The number of rotatable bonds is 10. The van der Waals surface area contributed by atoms with Crippen molar-refractivity contribution in [1.29, 1.82) is 0 Å². The average molecular weight is 456 g/mol. The molecule has 33 heavy (non-hydrogen) atoms. The molecule has 0 amide bonds. The summed E-state index contributed by atoms with van der Waals surface area (Å²) in [7, 11) is 3.96. The van der Waals surface area contributed by atoms with Crippen LogP contribution in [0.25, 0.3) is 0 Å². The van der Waals surface area contributed by atoms with E-state index in [1.807, 2.05) is 31.2 Å². The predicted octanol–water partition coefficient (Wildman–Crippen LogP) is 3.62. The van der Waals surface area contributed by atoms with Crippen LogP contribution in [0.3, 0.4) is 0 Å². The molecule has 0 fully saturated rings. The third-order valence-electron chi connectivity index (χ3n) is 5.11. The quantitative estimate of drug-likeness (QED) is 0.233. The molecular weight excluding hydrogens is 426 g/mol. The summed E-state index contributed by atoms with van der Waals surface area (Å²) in [6.45, 7) is 3.78. The average Bonchev–Trinajstić information content (AvgIpc) is 2.83. The largest absolute Gasteiger partial charge is 0.465 e. The van der Waals surface area contributed by atoms with Crippen molar-refractivity contribution in [2.75, 3.05) is 27.9 Å². The Bertz CT molecular complexity index is 933. The molecule has 0 aliphatic heterocycles. The molecule has 176 valence electrons. The maximum Gasteiger partial charge on any atom is 0.355 e. The summed E-state index contributed by atoms with van der Waals surface area (Å²) in [4.78, 5) is 40.5. The van der Waals surface area contributed by atoms with Crippen LogP contribution in [0.4, 0.5) is 0 Å². The van der Waals surface area contributed by atoms with Gasteiger partial charge in [0.15, 0.2) is 5.71 Å². The summed E-state index contributed by atoms with van der Waals surface area (Å²) >= 11 is 0. The first-order chi connectivity index (χ1) is 15.7. The van der Waals surface area contributed by atoms with Gasteiger partial charge in [0.1, 0.15) is 6.61 Å². The first-order valence-corrected chi connectivity index (χ1v) is 10.3. The molecule has 8 heteroatoms. The zero-order chi connectivity index (χ0) is 24.4. The first kappa shape index (κ1) is 25.6. The Morgan fingerprint density at radius 3 is 1.55 bits per heavy atom. The molecule has 0 unspecified atom stereocenters. The van der Waals surface area contributed by atoms with Crippen molar-refractivity contribution in [3.8, 4) is 0 Å². The van der Waals surface area contributed by atoms with Gasteiger partial charge < -0.3 is 19.0 Å². The van der Waals surface area contributed by atoms with Crippen LogP contribution in [0, 0.1) is 5.41 Å². The van der Waals surface area contributed by atoms with E-state index in [4.69, 9.17) is 14.3 Å². The van der Waals surface area contributed by atoms with Gasteiger partial charge in [-0.15, -0.1) is 0 Å². The standard InChI is InChI=1S/C25H29NO7/c1-17(22(27)30-3)26-33-16-25(2,14-18-6-10-20(11-7-18)23(28)31-4)15-19-8-12-21(13-9-19)24(29)32-5/h6-13H,14-16H2,1-5H3/b26-17+. The van der Waals surface area contributed by atoms with Gasteiger partial charge in [-0.2, -0.15) is 0 Å². The number of hydrogen-bond acceptors (Lipinski definition) is 8. The number of hydrogen-bond donors (Lipinski definition) is 0. The minimum Gasteiger partial charge on any atom is -0.465 e. The lowest BCUT2D eigenvalue weighted by Crippen LogP contribution is -2.28. The first-order valence-electron chi connectivity index (χ1n) is 10.3. The third kappa shape index (κ3) is 7.45.